The monoisotopic (exact) mass is 355 g/mol. The molecular weight excluding hydrogens is 337 g/mol. The zero-order chi connectivity index (χ0) is 17.2. The zero-order valence-corrected chi connectivity index (χ0v) is 14.5. The topological polar surface area (TPSA) is 46.1 Å². The summed E-state index contributed by atoms with van der Waals surface area (Å²) in [6.07, 6.45) is 3.68. The van der Waals surface area contributed by atoms with Crippen molar-refractivity contribution in [1.29, 1.82) is 0 Å². The lowest BCUT2D eigenvalue weighted by molar-refractivity contribution is -0.119. The van der Waals surface area contributed by atoms with E-state index in [-0.39, 0.29) is 12.2 Å². The minimum Gasteiger partial charge on any atom is -0.298 e. The van der Waals surface area contributed by atoms with Crippen LogP contribution in [0.5, 0.6) is 0 Å². The van der Waals surface area contributed by atoms with Crippen molar-refractivity contribution in [3.8, 4) is 10.4 Å². The van der Waals surface area contributed by atoms with Crippen molar-refractivity contribution in [2.75, 3.05) is 19.6 Å². The molecule has 3 heterocycles. The van der Waals surface area contributed by atoms with Gasteiger partial charge in [0.1, 0.15) is 6.17 Å². The van der Waals surface area contributed by atoms with Crippen LogP contribution < -0.4 is 0 Å². The van der Waals surface area contributed by atoms with Crippen LogP contribution in [0.2, 0.25) is 0 Å². The van der Waals surface area contributed by atoms with Crippen LogP contribution in [0, 0.1) is 0 Å². The quantitative estimate of drug-likeness (QED) is 0.703. The summed E-state index contributed by atoms with van der Waals surface area (Å²) in [5.74, 6) is 0.0829. The van der Waals surface area contributed by atoms with E-state index in [9.17, 15) is 9.18 Å². The number of hydrogen-bond acceptors (Lipinski definition) is 5. The van der Waals surface area contributed by atoms with Gasteiger partial charge < -0.3 is 0 Å². The van der Waals surface area contributed by atoms with E-state index in [1.54, 1.807) is 11.3 Å². The Balaban J connectivity index is 1.50. The second-order valence-electron chi connectivity index (χ2n) is 6.44. The molecule has 0 amide bonds. The molecule has 0 N–H and O–H groups in total. The number of Topliss-reactive ketones (excluding diaryl/α,β-unsaturated/α-hetero) is 1. The van der Waals surface area contributed by atoms with E-state index in [0.29, 0.717) is 26.1 Å². The summed E-state index contributed by atoms with van der Waals surface area (Å²) >= 11 is 1.60. The second-order valence-corrected chi connectivity index (χ2v) is 7.33. The molecule has 1 fully saturated rings. The van der Waals surface area contributed by atoms with Gasteiger partial charge in [0.05, 0.1) is 23.4 Å². The second kappa shape index (κ2) is 6.98. The van der Waals surface area contributed by atoms with Crippen LogP contribution in [-0.2, 0) is 11.2 Å². The number of benzene rings is 1. The highest BCUT2D eigenvalue weighted by molar-refractivity contribution is 7.13. The average molecular weight is 355 g/mol. The van der Waals surface area contributed by atoms with Gasteiger partial charge in [0.2, 0.25) is 0 Å². The van der Waals surface area contributed by atoms with E-state index in [2.05, 4.69) is 22.1 Å². The molecule has 0 unspecified atom stereocenters. The highest BCUT2D eigenvalue weighted by Gasteiger charge is 2.23. The van der Waals surface area contributed by atoms with Crippen molar-refractivity contribution < 1.29 is 9.18 Å². The van der Waals surface area contributed by atoms with Crippen LogP contribution in [0.3, 0.4) is 0 Å². The molecule has 1 aromatic carbocycles. The molecule has 1 atom stereocenters. The van der Waals surface area contributed by atoms with E-state index in [1.165, 1.54) is 0 Å². The number of likely N-dealkylation sites (tertiary alicyclic amines) is 1. The minimum absolute atomic E-state index is 0.0829. The maximum absolute atomic E-state index is 13.2. The number of carbonyl (C=O) groups is 1. The van der Waals surface area contributed by atoms with Crippen molar-refractivity contribution in [2.45, 2.75) is 19.0 Å². The van der Waals surface area contributed by atoms with E-state index in [4.69, 9.17) is 0 Å². The first-order valence-electron chi connectivity index (χ1n) is 8.33. The molecule has 4 nitrogen and oxygen atoms in total. The molecule has 128 valence electrons. The third kappa shape index (κ3) is 3.75. The van der Waals surface area contributed by atoms with Crippen molar-refractivity contribution in [2.24, 2.45) is 0 Å². The fraction of sp³-hybridized carbons (Fsp3) is 0.316. The number of carbonyl (C=O) groups excluding carboxylic acids is 1. The summed E-state index contributed by atoms with van der Waals surface area (Å²) in [6.45, 7) is 1.34. The van der Waals surface area contributed by atoms with Crippen molar-refractivity contribution in [1.82, 2.24) is 14.9 Å². The van der Waals surface area contributed by atoms with Gasteiger partial charge in [-0.1, -0.05) is 12.1 Å². The number of halogens is 1. The van der Waals surface area contributed by atoms with Crippen LogP contribution >= 0.6 is 11.3 Å². The molecule has 3 aromatic rings. The Hall–Kier alpha value is -2.18. The van der Waals surface area contributed by atoms with Crippen molar-refractivity contribution >= 4 is 27.9 Å². The first kappa shape index (κ1) is 16.3. The SMILES string of the molecule is O=C(Cc1cc2cc(-c3cncs3)ccc2cn1)CN1CC[C@@H](F)C1. The number of hydrogen-bond donors (Lipinski definition) is 0. The first-order valence-corrected chi connectivity index (χ1v) is 9.21. The van der Waals surface area contributed by atoms with Gasteiger partial charge in [-0.3, -0.25) is 19.7 Å². The fourth-order valence-electron chi connectivity index (χ4n) is 3.23. The van der Waals surface area contributed by atoms with Crippen molar-refractivity contribution in [3.05, 3.63) is 47.9 Å². The largest absolute Gasteiger partial charge is 0.298 e. The normalized spacial score (nSPS) is 18.0. The highest BCUT2D eigenvalue weighted by Crippen LogP contribution is 2.27. The molecule has 25 heavy (non-hydrogen) atoms. The third-order valence-corrected chi connectivity index (χ3v) is 5.31. The lowest BCUT2D eigenvalue weighted by Crippen LogP contribution is -2.29. The number of rotatable bonds is 5. The molecule has 0 radical (unpaired) electrons. The van der Waals surface area contributed by atoms with Crippen LogP contribution in [-0.4, -0.2) is 46.5 Å². The molecule has 6 heteroatoms. The molecule has 2 aromatic heterocycles. The maximum atomic E-state index is 13.2. The van der Waals surface area contributed by atoms with Gasteiger partial charge in [0.15, 0.2) is 5.78 Å². The molecule has 4 rings (SSSR count). The fourth-order valence-corrected chi connectivity index (χ4v) is 3.85. The standard InChI is InChI=1S/C19H18FN3OS/c20-16-3-4-23(10-16)11-18(24)7-17-6-15-5-13(19-9-21-12-25-19)1-2-14(15)8-22-17/h1-2,5-6,8-9,12,16H,3-4,7,10-11H2/t16-/m1/s1. The summed E-state index contributed by atoms with van der Waals surface area (Å²) in [5, 5.41) is 2.11. The van der Waals surface area contributed by atoms with E-state index < -0.39 is 6.17 Å². The number of pyridine rings is 1. The van der Waals surface area contributed by atoms with E-state index >= 15 is 0 Å². The Labute approximate surface area is 149 Å². The van der Waals surface area contributed by atoms with E-state index in [1.807, 2.05) is 34.9 Å². The summed E-state index contributed by atoms with van der Waals surface area (Å²) < 4.78 is 13.2. The molecule has 0 bridgehead atoms. The van der Waals surface area contributed by atoms with Gasteiger partial charge in [0.25, 0.3) is 0 Å². The zero-order valence-electron chi connectivity index (χ0n) is 13.7. The summed E-state index contributed by atoms with van der Waals surface area (Å²) in [7, 11) is 0. The smallest absolute Gasteiger partial charge is 0.152 e. The molecule has 1 saturated heterocycles. The van der Waals surface area contributed by atoms with Gasteiger partial charge in [-0.25, -0.2) is 4.39 Å². The maximum Gasteiger partial charge on any atom is 0.152 e. The first-order chi connectivity index (χ1) is 12.2. The van der Waals surface area contributed by atoms with Gasteiger partial charge in [-0.05, 0) is 29.5 Å². The molecule has 0 aliphatic carbocycles. The molecule has 1 aliphatic rings. The predicted octanol–water partition coefficient (Wildman–Crippen LogP) is 3.51. The Morgan fingerprint density at radius 1 is 1.28 bits per heavy atom. The van der Waals surface area contributed by atoms with Crippen LogP contribution in [0.1, 0.15) is 12.1 Å². The van der Waals surface area contributed by atoms with Gasteiger partial charge in [0, 0.05) is 36.6 Å². The van der Waals surface area contributed by atoms with E-state index in [0.717, 1.165) is 26.9 Å². The minimum atomic E-state index is -0.795. The third-order valence-electron chi connectivity index (χ3n) is 4.49. The number of thiazole rings is 1. The highest BCUT2D eigenvalue weighted by atomic mass is 32.1. The van der Waals surface area contributed by atoms with Crippen molar-refractivity contribution in [3.63, 3.8) is 0 Å². The Morgan fingerprint density at radius 2 is 2.20 bits per heavy atom. The van der Waals surface area contributed by atoms with Gasteiger partial charge in [-0.2, -0.15) is 0 Å². The Bertz CT molecular complexity index is 897. The Morgan fingerprint density at radius 3 is 2.96 bits per heavy atom. The van der Waals surface area contributed by atoms with Crippen LogP contribution in [0.4, 0.5) is 4.39 Å². The van der Waals surface area contributed by atoms with Crippen LogP contribution in [0.15, 0.2) is 42.2 Å². The lowest BCUT2D eigenvalue weighted by atomic mass is 10.1. The number of fused-ring (bicyclic) bond motifs is 1. The van der Waals surface area contributed by atoms with Gasteiger partial charge in [-0.15, -0.1) is 11.3 Å². The number of nitrogens with zero attached hydrogens (tertiary/aromatic N) is 3. The number of aromatic nitrogens is 2. The summed E-state index contributed by atoms with van der Waals surface area (Å²) in [5.41, 5.74) is 3.69. The molecule has 0 saturated carbocycles. The molecule has 1 aliphatic heterocycles. The average Bonchev–Trinajstić information content (AvgIpc) is 3.26. The van der Waals surface area contributed by atoms with Crippen LogP contribution in [0.25, 0.3) is 21.2 Å². The number of ketones is 1. The predicted molar refractivity (Wildman–Crippen MR) is 97.5 cm³/mol. The Kier molecular flexibility index (Phi) is 4.55. The van der Waals surface area contributed by atoms with Gasteiger partial charge >= 0.3 is 0 Å². The molecular formula is C19H18FN3OS. The summed E-state index contributed by atoms with van der Waals surface area (Å²) in [6, 6.07) is 8.17. The lowest BCUT2D eigenvalue weighted by Gasteiger charge is -2.13. The molecule has 0 spiro atoms. The summed E-state index contributed by atoms with van der Waals surface area (Å²) in [4.78, 5) is 23.8. The number of alkyl halides is 1.